The summed E-state index contributed by atoms with van der Waals surface area (Å²) in [7, 11) is 4.10. The molecule has 2 aromatic rings. The van der Waals surface area contributed by atoms with E-state index in [-0.39, 0.29) is 24.0 Å². The first-order valence-electron chi connectivity index (χ1n) is 4.50. The molecule has 0 radical (unpaired) electrons. The van der Waals surface area contributed by atoms with Gasteiger partial charge in [-0.15, -0.1) is 11.3 Å². The highest BCUT2D eigenvalue weighted by Crippen LogP contribution is 2.11. The summed E-state index contributed by atoms with van der Waals surface area (Å²) in [4.78, 5) is 1.28. The minimum Gasteiger partial charge on any atom is -1.00 e. The number of hydrogen-bond donors (Lipinski definition) is 0. The van der Waals surface area contributed by atoms with Gasteiger partial charge in [0.2, 0.25) is 0 Å². The van der Waals surface area contributed by atoms with Crippen LogP contribution in [-0.2, 0) is 14.1 Å². The van der Waals surface area contributed by atoms with E-state index >= 15 is 0 Å². The van der Waals surface area contributed by atoms with Gasteiger partial charge in [0, 0.05) is 11.0 Å². The van der Waals surface area contributed by atoms with Crippen molar-refractivity contribution in [3.05, 3.63) is 40.6 Å². The van der Waals surface area contributed by atoms with Gasteiger partial charge < -0.3 is 24.0 Å². The molecule has 0 aliphatic carbocycles. The van der Waals surface area contributed by atoms with Crippen LogP contribution < -0.4 is 28.5 Å². The van der Waals surface area contributed by atoms with Crippen LogP contribution in [0.5, 0.6) is 0 Å². The van der Waals surface area contributed by atoms with Gasteiger partial charge in [0.15, 0.2) is 0 Å². The van der Waals surface area contributed by atoms with Crippen LogP contribution in [0.2, 0.25) is 0 Å². The molecule has 0 saturated heterocycles. The van der Waals surface area contributed by atoms with E-state index in [0.717, 1.165) is 0 Å². The number of thiophene rings is 1. The zero-order valence-corrected chi connectivity index (χ0v) is 11.7. The highest BCUT2D eigenvalue weighted by Gasteiger charge is 2.05. The second kappa shape index (κ2) is 5.46. The van der Waals surface area contributed by atoms with E-state index in [9.17, 15) is 0 Å². The lowest BCUT2D eigenvalue weighted by molar-refractivity contribution is -0.672. The number of imidazole rings is 1. The summed E-state index contributed by atoms with van der Waals surface area (Å²) in [5, 5.41) is 2.09. The summed E-state index contributed by atoms with van der Waals surface area (Å²) in [6.07, 6.45) is 8.37. The number of nitrogens with zero attached hydrogens (tertiary/aromatic N) is 2. The second-order valence-electron chi connectivity index (χ2n) is 3.23. The highest BCUT2D eigenvalue weighted by molar-refractivity contribution is 7.10. The molecule has 2 heterocycles. The fraction of sp³-hybridized carbons (Fsp3) is 0.182. The molecule has 0 unspecified atom stereocenters. The van der Waals surface area contributed by atoms with Crippen molar-refractivity contribution in [3.8, 4) is 0 Å². The molecule has 0 N–H and O–H groups in total. The van der Waals surface area contributed by atoms with Gasteiger partial charge in [-0.05, 0) is 17.5 Å². The molecule has 2 nitrogen and oxygen atoms in total. The van der Waals surface area contributed by atoms with E-state index < -0.39 is 0 Å². The Morgan fingerprint density at radius 3 is 2.73 bits per heavy atom. The normalized spacial score (nSPS) is 10.5. The lowest BCUT2D eigenvalue weighted by atomic mass is 10.4. The maximum atomic E-state index is 2.14. The van der Waals surface area contributed by atoms with Crippen LogP contribution in [0.15, 0.2) is 29.9 Å². The second-order valence-corrected chi connectivity index (χ2v) is 4.21. The SMILES string of the molecule is Cn1cc[n+](C)c1C=Cc1cccs1.[I-]. The zero-order valence-electron chi connectivity index (χ0n) is 8.72. The lowest BCUT2D eigenvalue weighted by Gasteiger charge is -1.89. The Bertz CT molecular complexity index is 424. The molecule has 2 rings (SSSR count). The van der Waals surface area contributed by atoms with Crippen molar-refractivity contribution < 1.29 is 28.5 Å². The number of hydrogen-bond acceptors (Lipinski definition) is 1. The van der Waals surface area contributed by atoms with E-state index in [1.165, 1.54) is 10.7 Å². The first kappa shape index (κ1) is 12.4. The predicted octanol–water partition coefficient (Wildman–Crippen LogP) is -0.914. The maximum Gasteiger partial charge on any atom is 0.281 e. The van der Waals surface area contributed by atoms with E-state index in [1.54, 1.807) is 11.3 Å². The summed E-state index contributed by atoms with van der Waals surface area (Å²) < 4.78 is 4.20. The molecular weight excluding hydrogens is 319 g/mol. The van der Waals surface area contributed by atoms with Crippen molar-refractivity contribution in [2.75, 3.05) is 0 Å². The summed E-state index contributed by atoms with van der Waals surface area (Å²) >= 11 is 1.75. The minimum absolute atomic E-state index is 0. The Labute approximate surface area is 111 Å². The summed E-state index contributed by atoms with van der Waals surface area (Å²) in [5.74, 6) is 1.19. The average Bonchev–Trinajstić information content (AvgIpc) is 2.76. The summed E-state index contributed by atoms with van der Waals surface area (Å²) in [5.41, 5.74) is 0. The standard InChI is InChI=1S/C11H13N2S.HI/c1-12-7-8-13(2)11(12)6-5-10-4-3-9-14-10;/h3-9H,1-2H3;1H/q+1;/p-1. The summed E-state index contributed by atoms with van der Waals surface area (Å²) in [6.45, 7) is 0. The molecule has 0 bridgehead atoms. The third-order valence-corrected chi connectivity index (χ3v) is 3.01. The minimum atomic E-state index is 0. The third-order valence-electron chi connectivity index (χ3n) is 2.18. The van der Waals surface area contributed by atoms with Gasteiger partial charge in [-0.1, -0.05) is 6.07 Å². The Morgan fingerprint density at radius 1 is 1.40 bits per heavy atom. The first-order valence-corrected chi connectivity index (χ1v) is 5.38. The molecule has 0 aliphatic rings. The molecule has 2 aromatic heterocycles. The van der Waals surface area contributed by atoms with Crippen LogP contribution in [0.25, 0.3) is 12.2 Å². The van der Waals surface area contributed by atoms with E-state index in [2.05, 4.69) is 38.8 Å². The smallest absolute Gasteiger partial charge is 0.281 e. The van der Waals surface area contributed by atoms with Gasteiger partial charge in [-0.25, -0.2) is 9.13 Å². The Hall–Kier alpha value is -0.620. The van der Waals surface area contributed by atoms with Crippen LogP contribution in [0.3, 0.4) is 0 Å². The van der Waals surface area contributed by atoms with Gasteiger partial charge in [0.25, 0.3) is 5.82 Å². The largest absolute Gasteiger partial charge is 1.00 e. The lowest BCUT2D eigenvalue weighted by Crippen LogP contribution is -3.00. The molecule has 80 valence electrons. The van der Waals surface area contributed by atoms with Crippen LogP contribution in [0.1, 0.15) is 10.7 Å². The van der Waals surface area contributed by atoms with Crippen LogP contribution in [0.4, 0.5) is 0 Å². The van der Waals surface area contributed by atoms with Gasteiger partial charge >= 0.3 is 0 Å². The van der Waals surface area contributed by atoms with Gasteiger partial charge in [-0.3, -0.25) is 0 Å². The Balaban J connectivity index is 0.00000112. The Kier molecular flexibility index (Phi) is 4.53. The van der Waals surface area contributed by atoms with Crippen molar-refractivity contribution in [2.45, 2.75) is 0 Å². The molecule has 0 aliphatic heterocycles. The van der Waals surface area contributed by atoms with E-state index in [1.807, 2.05) is 26.5 Å². The molecule has 0 aromatic carbocycles. The molecule has 0 atom stereocenters. The molecule has 0 spiro atoms. The average molecular weight is 332 g/mol. The van der Waals surface area contributed by atoms with Crippen LogP contribution in [-0.4, -0.2) is 4.57 Å². The van der Waals surface area contributed by atoms with Crippen molar-refractivity contribution in [1.82, 2.24) is 4.57 Å². The van der Waals surface area contributed by atoms with Crippen LogP contribution >= 0.6 is 11.3 Å². The fourth-order valence-electron chi connectivity index (χ4n) is 1.38. The highest BCUT2D eigenvalue weighted by atomic mass is 127. The van der Waals surface area contributed by atoms with Crippen LogP contribution in [0, 0.1) is 0 Å². The van der Waals surface area contributed by atoms with E-state index in [4.69, 9.17) is 0 Å². The van der Waals surface area contributed by atoms with Gasteiger partial charge in [-0.2, -0.15) is 0 Å². The maximum absolute atomic E-state index is 2.14. The number of aromatic nitrogens is 2. The quantitative estimate of drug-likeness (QED) is 0.497. The third kappa shape index (κ3) is 2.92. The Morgan fingerprint density at radius 2 is 2.20 bits per heavy atom. The first-order chi connectivity index (χ1) is 6.77. The topological polar surface area (TPSA) is 8.81 Å². The predicted molar refractivity (Wildman–Crippen MR) is 59.8 cm³/mol. The van der Waals surface area contributed by atoms with Crippen molar-refractivity contribution in [3.63, 3.8) is 0 Å². The molecule has 4 heteroatoms. The van der Waals surface area contributed by atoms with Gasteiger partial charge in [0.1, 0.15) is 12.4 Å². The summed E-state index contributed by atoms with van der Waals surface area (Å²) in [6, 6.07) is 4.18. The molecule has 0 fully saturated rings. The molecular formula is C11H13IN2S. The zero-order chi connectivity index (χ0) is 9.97. The molecule has 0 amide bonds. The number of rotatable bonds is 2. The monoisotopic (exact) mass is 332 g/mol. The number of aryl methyl sites for hydroxylation is 2. The van der Waals surface area contributed by atoms with E-state index in [0.29, 0.717) is 0 Å². The molecule has 0 saturated carbocycles. The van der Waals surface area contributed by atoms with Gasteiger partial charge in [0.05, 0.1) is 14.1 Å². The fourth-order valence-corrected chi connectivity index (χ4v) is 2.00. The number of halogens is 1. The van der Waals surface area contributed by atoms with Crippen molar-refractivity contribution in [1.29, 1.82) is 0 Å². The molecule has 15 heavy (non-hydrogen) atoms. The van der Waals surface area contributed by atoms with Crippen molar-refractivity contribution in [2.24, 2.45) is 14.1 Å². The van der Waals surface area contributed by atoms with Crippen molar-refractivity contribution >= 4 is 23.5 Å².